The molecule has 0 aromatic heterocycles. The lowest BCUT2D eigenvalue weighted by atomic mass is 10.0. The van der Waals surface area contributed by atoms with Crippen molar-refractivity contribution >= 4 is 13.7 Å². The van der Waals surface area contributed by atoms with Gasteiger partial charge < -0.3 is 28.8 Å². The number of hydrogen-bond donors (Lipinski definition) is 2. The molecule has 0 rings (SSSR count). The van der Waals surface area contributed by atoms with E-state index in [2.05, 4.69) is 79.9 Å². The Bertz CT molecular complexity index is 1600. The fourth-order valence-corrected chi connectivity index (χ4v) is 11.4. The highest BCUT2D eigenvalue weighted by Gasteiger charge is 2.23. The standard InChI is InChI=1S/C75H141N2O6P/c1-6-8-10-12-14-16-18-20-22-24-26-28-29-30-31-32-33-34-35-36-37-38-39-40-41-42-43-44-45-46-47-49-51-53-55-57-59-61-63-65-67-69-75(79)76-73(72-83-84(80,81)82-71-70-77(3,4)5)74(78)68-66-64-62-60-58-56-54-52-50-48-27-25-23-21-19-17-15-13-11-9-7-2/h18,20,24,26,29-30,50,52,58,60,66,68,73-74,78H,6-17,19,21-23,25,27-28,31-49,51,53-57,59,61-65,67,69-72H2,1-5H3,(H-,76,79,80,81)/b20-18-,26-24-,30-29-,52-50+,60-58+,68-66+. The third-order valence-electron chi connectivity index (χ3n) is 16.4. The third-order valence-corrected chi connectivity index (χ3v) is 17.3. The van der Waals surface area contributed by atoms with Crippen molar-refractivity contribution in [2.75, 3.05) is 40.9 Å². The zero-order chi connectivity index (χ0) is 61.2. The number of amides is 1. The Balaban J connectivity index is 3.96. The summed E-state index contributed by atoms with van der Waals surface area (Å²) in [6.07, 6.45) is 91.9. The fourth-order valence-electron chi connectivity index (χ4n) is 10.7. The van der Waals surface area contributed by atoms with Crippen LogP contribution in [0.3, 0.4) is 0 Å². The van der Waals surface area contributed by atoms with Crippen LogP contribution in [-0.4, -0.2) is 68.5 Å². The molecule has 0 fully saturated rings. The zero-order valence-electron chi connectivity index (χ0n) is 56.4. The zero-order valence-corrected chi connectivity index (χ0v) is 57.3. The van der Waals surface area contributed by atoms with Gasteiger partial charge in [0.1, 0.15) is 13.2 Å². The van der Waals surface area contributed by atoms with Crippen LogP contribution in [0, 0.1) is 0 Å². The first-order valence-corrected chi connectivity index (χ1v) is 37.8. The maximum Gasteiger partial charge on any atom is 0.268 e. The minimum absolute atomic E-state index is 0.00898. The van der Waals surface area contributed by atoms with E-state index in [-0.39, 0.29) is 12.5 Å². The summed E-state index contributed by atoms with van der Waals surface area (Å²) in [4.78, 5) is 25.6. The van der Waals surface area contributed by atoms with Crippen molar-refractivity contribution in [1.29, 1.82) is 0 Å². The van der Waals surface area contributed by atoms with Gasteiger partial charge >= 0.3 is 0 Å². The summed E-state index contributed by atoms with van der Waals surface area (Å²) in [5.74, 6) is -0.206. The number of phosphoric ester groups is 1. The van der Waals surface area contributed by atoms with E-state index in [1.54, 1.807) is 6.08 Å². The lowest BCUT2D eigenvalue weighted by Gasteiger charge is -2.29. The molecule has 0 aliphatic rings. The minimum Gasteiger partial charge on any atom is -0.756 e. The molecule has 2 N–H and O–H groups in total. The molecule has 0 aromatic rings. The summed E-state index contributed by atoms with van der Waals surface area (Å²) >= 11 is 0. The van der Waals surface area contributed by atoms with Crippen molar-refractivity contribution in [2.24, 2.45) is 0 Å². The van der Waals surface area contributed by atoms with Crippen LogP contribution in [0.2, 0.25) is 0 Å². The Labute approximate surface area is 523 Å². The molecule has 492 valence electrons. The van der Waals surface area contributed by atoms with Crippen LogP contribution >= 0.6 is 7.82 Å². The van der Waals surface area contributed by atoms with Crippen molar-refractivity contribution in [3.8, 4) is 0 Å². The Morgan fingerprint density at radius 2 is 0.702 bits per heavy atom. The number of aliphatic hydroxyl groups is 1. The van der Waals surface area contributed by atoms with Crippen LogP contribution in [0.5, 0.6) is 0 Å². The molecule has 0 saturated heterocycles. The van der Waals surface area contributed by atoms with E-state index < -0.39 is 26.6 Å². The summed E-state index contributed by atoms with van der Waals surface area (Å²) in [6.45, 7) is 4.64. The van der Waals surface area contributed by atoms with Crippen LogP contribution in [-0.2, 0) is 18.4 Å². The van der Waals surface area contributed by atoms with Gasteiger partial charge in [-0.05, 0) is 83.5 Å². The van der Waals surface area contributed by atoms with E-state index >= 15 is 0 Å². The summed E-state index contributed by atoms with van der Waals surface area (Å²) in [6, 6.07) is -0.912. The summed E-state index contributed by atoms with van der Waals surface area (Å²) in [5.41, 5.74) is 0. The van der Waals surface area contributed by atoms with Gasteiger partial charge in [-0.15, -0.1) is 0 Å². The molecule has 9 heteroatoms. The van der Waals surface area contributed by atoms with Gasteiger partial charge in [-0.2, -0.15) is 0 Å². The predicted molar refractivity (Wildman–Crippen MR) is 367 cm³/mol. The van der Waals surface area contributed by atoms with E-state index in [9.17, 15) is 19.4 Å². The van der Waals surface area contributed by atoms with Gasteiger partial charge in [0.2, 0.25) is 5.91 Å². The van der Waals surface area contributed by atoms with Crippen molar-refractivity contribution in [1.82, 2.24) is 5.32 Å². The molecule has 3 unspecified atom stereocenters. The average molecular weight is 1200 g/mol. The molecular formula is C75H141N2O6P. The monoisotopic (exact) mass is 1200 g/mol. The predicted octanol–water partition coefficient (Wildman–Crippen LogP) is 22.7. The lowest BCUT2D eigenvalue weighted by Crippen LogP contribution is -2.45. The smallest absolute Gasteiger partial charge is 0.268 e. The molecule has 84 heavy (non-hydrogen) atoms. The van der Waals surface area contributed by atoms with E-state index in [1.165, 1.54) is 270 Å². The molecular weight excluding hydrogens is 1060 g/mol. The first-order chi connectivity index (χ1) is 41.0. The van der Waals surface area contributed by atoms with Gasteiger partial charge in [0.15, 0.2) is 0 Å². The Kier molecular flexibility index (Phi) is 63.8. The Hall–Kier alpha value is -2.06. The normalized spacial score (nSPS) is 14.0. The molecule has 0 aromatic carbocycles. The molecule has 1 amide bonds. The lowest BCUT2D eigenvalue weighted by molar-refractivity contribution is -0.870. The Morgan fingerprint density at radius 1 is 0.417 bits per heavy atom. The summed E-state index contributed by atoms with van der Waals surface area (Å²) in [5, 5.41) is 13.9. The second-order valence-corrected chi connectivity index (χ2v) is 27.3. The number of nitrogens with one attached hydrogen (secondary N) is 1. The van der Waals surface area contributed by atoms with Crippen molar-refractivity contribution < 1.29 is 32.9 Å². The molecule has 0 saturated carbocycles. The Morgan fingerprint density at radius 3 is 1.05 bits per heavy atom. The topological polar surface area (TPSA) is 108 Å². The quantitative estimate of drug-likeness (QED) is 0.0272. The molecule has 0 heterocycles. The summed E-state index contributed by atoms with van der Waals surface area (Å²) < 4.78 is 23.4. The number of likely N-dealkylation sites (N-methyl/N-ethyl adjacent to an activating group) is 1. The van der Waals surface area contributed by atoms with Crippen LogP contribution < -0.4 is 10.2 Å². The maximum atomic E-state index is 13.0. The SMILES string of the molecule is CCCCCCC/C=C\C/C=C\C/C=C\CCCCCCCCCCCCCCCCCCCCCCCCCCCCC(=O)NC(COP(=O)([O-])OCC[N+](C)(C)C)C(O)/C=C/CC/C=C/CC/C=C/CCCCCCCCCCCCC. The van der Waals surface area contributed by atoms with Crippen molar-refractivity contribution in [3.05, 3.63) is 72.9 Å². The van der Waals surface area contributed by atoms with Crippen molar-refractivity contribution in [3.63, 3.8) is 0 Å². The summed E-state index contributed by atoms with van der Waals surface area (Å²) in [7, 11) is 1.24. The van der Waals surface area contributed by atoms with E-state index in [1.807, 2.05) is 27.2 Å². The fraction of sp³-hybridized carbons (Fsp3) is 0.827. The number of quaternary nitrogens is 1. The number of hydrogen-bond acceptors (Lipinski definition) is 6. The van der Waals surface area contributed by atoms with Gasteiger partial charge in [0.25, 0.3) is 7.82 Å². The second kappa shape index (κ2) is 65.4. The number of carbonyl (C=O) groups is 1. The number of phosphoric acid groups is 1. The molecule has 0 aliphatic carbocycles. The largest absolute Gasteiger partial charge is 0.756 e. The van der Waals surface area contributed by atoms with Crippen LogP contribution in [0.1, 0.15) is 348 Å². The number of rotatable bonds is 67. The number of nitrogens with zero attached hydrogens (tertiary/aromatic N) is 1. The molecule has 0 aliphatic heterocycles. The number of carbonyl (C=O) groups excluding carboxylic acids is 1. The highest BCUT2D eigenvalue weighted by molar-refractivity contribution is 7.45. The van der Waals surface area contributed by atoms with E-state index in [4.69, 9.17) is 9.05 Å². The number of aliphatic hydroxyl groups excluding tert-OH is 1. The molecule has 0 bridgehead atoms. The van der Waals surface area contributed by atoms with Gasteiger partial charge in [-0.1, -0.05) is 331 Å². The van der Waals surface area contributed by atoms with Gasteiger partial charge in [-0.3, -0.25) is 9.36 Å². The maximum absolute atomic E-state index is 13.0. The highest BCUT2D eigenvalue weighted by atomic mass is 31.2. The highest BCUT2D eigenvalue weighted by Crippen LogP contribution is 2.38. The van der Waals surface area contributed by atoms with Gasteiger partial charge in [0, 0.05) is 6.42 Å². The van der Waals surface area contributed by atoms with E-state index in [0.717, 1.165) is 57.8 Å². The first-order valence-electron chi connectivity index (χ1n) is 36.3. The second-order valence-electron chi connectivity index (χ2n) is 25.9. The van der Waals surface area contributed by atoms with Crippen molar-refractivity contribution in [2.45, 2.75) is 360 Å². The average Bonchev–Trinajstić information content (AvgIpc) is 3.56. The molecule has 8 nitrogen and oxygen atoms in total. The first kappa shape index (κ1) is 81.9. The number of unbranched alkanes of at least 4 members (excludes halogenated alkanes) is 44. The number of allylic oxidation sites excluding steroid dienone is 11. The van der Waals surface area contributed by atoms with Crippen LogP contribution in [0.4, 0.5) is 0 Å². The van der Waals surface area contributed by atoms with Gasteiger partial charge in [0.05, 0.1) is 39.9 Å². The van der Waals surface area contributed by atoms with E-state index in [0.29, 0.717) is 17.4 Å². The molecule has 0 spiro atoms. The van der Waals surface area contributed by atoms with Crippen LogP contribution in [0.25, 0.3) is 0 Å². The van der Waals surface area contributed by atoms with Gasteiger partial charge in [-0.25, -0.2) is 0 Å². The minimum atomic E-state index is -4.62. The molecule has 3 atom stereocenters. The third kappa shape index (κ3) is 67.4. The van der Waals surface area contributed by atoms with Crippen LogP contribution in [0.15, 0.2) is 72.9 Å². The molecule has 0 radical (unpaired) electrons.